The van der Waals surface area contributed by atoms with E-state index in [4.69, 9.17) is 4.74 Å². The molecule has 0 bridgehead atoms. The average Bonchev–Trinajstić information content (AvgIpc) is 2.57. The zero-order chi connectivity index (χ0) is 16.7. The van der Waals surface area contributed by atoms with Gasteiger partial charge in [-0.2, -0.15) is 0 Å². The highest BCUT2D eigenvalue weighted by atomic mass is 32.2. The Morgan fingerprint density at radius 3 is 2.26 bits per heavy atom. The van der Waals surface area contributed by atoms with Gasteiger partial charge in [0.1, 0.15) is 5.75 Å². The zero-order valence-electron chi connectivity index (χ0n) is 13.9. The first-order valence-electron chi connectivity index (χ1n) is 7.58. The first-order chi connectivity index (χ1) is 11.1. The van der Waals surface area contributed by atoms with Crippen molar-refractivity contribution in [2.24, 2.45) is 0 Å². The number of hydrogen-bond donors (Lipinski definition) is 0. The second-order valence-corrected chi connectivity index (χ2v) is 6.56. The molecule has 2 rings (SSSR count). The van der Waals surface area contributed by atoms with E-state index in [1.807, 2.05) is 31.3 Å². The van der Waals surface area contributed by atoms with Crippen molar-refractivity contribution in [1.82, 2.24) is 4.90 Å². The molecule has 1 amide bonds. The number of thioether (sulfide) groups is 1. The van der Waals surface area contributed by atoms with Gasteiger partial charge in [0, 0.05) is 19.3 Å². The molecular weight excluding hydrogens is 306 g/mol. The van der Waals surface area contributed by atoms with E-state index < -0.39 is 0 Å². The number of hydrogen-bond acceptors (Lipinski definition) is 3. The Bertz CT molecular complexity index is 623. The van der Waals surface area contributed by atoms with Crippen LogP contribution in [0.3, 0.4) is 0 Å². The van der Waals surface area contributed by atoms with Crippen molar-refractivity contribution in [3.05, 3.63) is 65.2 Å². The number of carbonyl (C=O) groups is 1. The minimum absolute atomic E-state index is 0.157. The number of carbonyl (C=O) groups excluding carboxylic acids is 1. The van der Waals surface area contributed by atoms with E-state index in [0.29, 0.717) is 12.3 Å². The summed E-state index contributed by atoms with van der Waals surface area (Å²) in [5.74, 6) is 2.33. The Labute approximate surface area is 142 Å². The molecule has 0 saturated heterocycles. The highest BCUT2D eigenvalue weighted by Crippen LogP contribution is 2.17. The minimum atomic E-state index is 0.157. The van der Waals surface area contributed by atoms with E-state index >= 15 is 0 Å². The lowest BCUT2D eigenvalue weighted by molar-refractivity contribution is -0.127. The van der Waals surface area contributed by atoms with Gasteiger partial charge in [0.05, 0.1) is 12.9 Å². The number of benzene rings is 2. The molecule has 0 aromatic heterocycles. The predicted octanol–water partition coefficient (Wildman–Crippen LogP) is 3.90. The van der Waals surface area contributed by atoms with Crippen LogP contribution in [0.5, 0.6) is 5.75 Å². The molecule has 2 aromatic carbocycles. The lowest BCUT2D eigenvalue weighted by atomic mass is 10.1. The molecule has 122 valence electrons. The number of ether oxygens (including phenoxy) is 1. The molecule has 4 heteroatoms. The summed E-state index contributed by atoms with van der Waals surface area (Å²) in [7, 11) is 3.52. The first kappa shape index (κ1) is 17.4. The zero-order valence-corrected chi connectivity index (χ0v) is 14.7. The number of rotatable bonds is 7. The van der Waals surface area contributed by atoms with Crippen molar-refractivity contribution in [2.75, 3.05) is 19.9 Å². The highest BCUT2D eigenvalue weighted by molar-refractivity contribution is 7.99. The van der Waals surface area contributed by atoms with Gasteiger partial charge in [0.2, 0.25) is 5.91 Å². The van der Waals surface area contributed by atoms with Gasteiger partial charge in [-0.15, -0.1) is 11.8 Å². The Kier molecular flexibility index (Phi) is 6.53. The van der Waals surface area contributed by atoms with Crippen LogP contribution in [0, 0.1) is 6.92 Å². The Balaban J connectivity index is 1.75. The van der Waals surface area contributed by atoms with Gasteiger partial charge in [0.25, 0.3) is 0 Å². The van der Waals surface area contributed by atoms with Gasteiger partial charge >= 0.3 is 0 Å². The number of amides is 1. The van der Waals surface area contributed by atoms with Gasteiger partial charge < -0.3 is 9.64 Å². The van der Waals surface area contributed by atoms with E-state index in [9.17, 15) is 4.79 Å². The molecule has 0 saturated carbocycles. The van der Waals surface area contributed by atoms with E-state index in [-0.39, 0.29) is 5.91 Å². The summed E-state index contributed by atoms with van der Waals surface area (Å²) in [5.41, 5.74) is 3.59. The molecule has 0 aliphatic heterocycles. The molecule has 23 heavy (non-hydrogen) atoms. The maximum absolute atomic E-state index is 12.2. The molecular formula is C19H23NO2S. The fourth-order valence-corrected chi connectivity index (χ4v) is 3.07. The third kappa shape index (κ3) is 5.64. The highest BCUT2D eigenvalue weighted by Gasteiger charge is 2.09. The van der Waals surface area contributed by atoms with Gasteiger partial charge in [-0.1, -0.05) is 42.0 Å². The Morgan fingerprint density at radius 2 is 1.65 bits per heavy atom. The van der Waals surface area contributed by atoms with Crippen molar-refractivity contribution in [2.45, 2.75) is 19.2 Å². The average molecular weight is 329 g/mol. The Hall–Kier alpha value is -1.94. The van der Waals surface area contributed by atoms with Crippen LogP contribution in [0.25, 0.3) is 0 Å². The summed E-state index contributed by atoms with van der Waals surface area (Å²) in [6, 6.07) is 16.3. The molecule has 0 radical (unpaired) electrons. The van der Waals surface area contributed by atoms with Crippen LogP contribution in [-0.4, -0.2) is 30.7 Å². The minimum Gasteiger partial charge on any atom is -0.497 e. The van der Waals surface area contributed by atoms with Gasteiger partial charge in [-0.25, -0.2) is 0 Å². The molecule has 2 aromatic rings. The molecule has 0 N–H and O–H groups in total. The second-order valence-electron chi connectivity index (χ2n) is 5.58. The van der Waals surface area contributed by atoms with Crippen molar-refractivity contribution in [1.29, 1.82) is 0 Å². The first-order valence-corrected chi connectivity index (χ1v) is 8.74. The molecule has 0 fully saturated rings. The topological polar surface area (TPSA) is 29.5 Å². The molecule has 3 nitrogen and oxygen atoms in total. The quantitative estimate of drug-likeness (QED) is 0.772. The molecule has 0 aliphatic carbocycles. The molecule has 0 spiro atoms. The van der Waals surface area contributed by atoms with Crippen LogP contribution in [0.2, 0.25) is 0 Å². The van der Waals surface area contributed by atoms with Crippen LogP contribution in [0.1, 0.15) is 16.7 Å². The van der Waals surface area contributed by atoms with Crippen molar-refractivity contribution in [3.63, 3.8) is 0 Å². The predicted molar refractivity (Wildman–Crippen MR) is 96.8 cm³/mol. The summed E-state index contributed by atoms with van der Waals surface area (Å²) in [6.45, 7) is 2.72. The second kappa shape index (κ2) is 8.63. The van der Waals surface area contributed by atoms with Gasteiger partial charge in [0.15, 0.2) is 0 Å². The number of aryl methyl sites for hydroxylation is 1. The smallest absolute Gasteiger partial charge is 0.232 e. The normalized spacial score (nSPS) is 10.4. The largest absolute Gasteiger partial charge is 0.497 e. The third-order valence-electron chi connectivity index (χ3n) is 3.62. The van der Waals surface area contributed by atoms with Gasteiger partial charge in [-0.05, 0) is 30.2 Å². The van der Waals surface area contributed by atoms with E-state index in [2.05, 4.69) is 31.2 Å². The van der Waals surface area contributed by atoms with Crippen molar-refractivity contribution in [3.8, 4) is 5.75 Å². The maximum Gasteiger partial charge on any atom is 0.232 e. The standard InChI is InChI=1S/C19H23NO2S/c1-15-4-6-16(7-5-15)12-20(2)19(21)14-23-13-17-8-10-18(22-3)11-9-17/h4-11H,12-14H2,1-3H3. The fourth-order valence-electron chi connectivity index (χ4n) is 2.14. The van der Waals surface area contributed by atoms with Crippen LogP contribution in [0.15, 0.2) is 48.5 Å². The van der Waals surface area contributed by atoms with Crippen LogP contribution < -0.4 is 4.74 Å². The summed E-state index contributed by atoms with van der Waals surface area (Å²) in [6.07, 6.45) is 0. The van der Waals surface area contributed by atoms with E-state index in [0.717, 1.165) is 17.1 Å². The van der Waals surface area contributed by atoms with Crippen molar-refractivity contribution < 1.29 is 9.53 Å². The van der Waals surface area contributed by atoms with E-state index in [1.54, 1.807) is 23.8 Å². The summed E-state index contributed by atoms with van der Waals surface area (Å²) < 4.78 is 5.14. The SMILES string of the molecule is COc1ccc(CSCC(=O)N(C)Cc2ccc(C)cc2)cc1. The van der Waals surface area contributed by atoms with Crippen LogP contribution in [0.4, 0.5) is 0 Å². The Morgan fingerprint density at radius 1 is 1.04 bits per heavy atom. The molecule has 0 heterocycles. The fraction of sp³-hybridized carbons (Fsp3) is 0.316. The summed E-state index contributed by atoms with van der Waals surface area (Å²) >= 11 is 1.64. The third-order valence-corrected chi connectivity index (χ3v) is 4.61. The molecule has 0 atom stereocenters. The summed E-state index contributed by atoms with van der Waals surface area (Å²) in [5, 5.41) is 0. The molecule has 0 unspecified atom stereocenters. The monoisotopic (exact) mass is 329 g/mol. The van der Waals surface area contributed by atoms with Crippen LogP contribution in [-0.2, 0) is 17.1 Å². The lowest BCUT2D eigenvalue weighted by Gasteiger charge is -2.17. The van der Waals surface area contributed by atoms with E-state index in [1.165, 1.54) is 11.1 Å². The van der Waals surface area contributed by atoms with Crippen molar-refractivity contribution >= 4 is 17.7 Å². The van der Waals surface area contributed by atoms with Crippen LogP contribution >= 0.6 is 11.8 Å². The molecule has 0 aliphatic rings. The number of methoxy groups -OCH3 is 1. The lowest BCUT2D eigenvalue weighted by Crippen LogP contribution is -2.27. The van der Waals surface area contributed by atoms with Gasteiger partial charge in [-0.3, -0.25) is 4.79 Å². The maximum atomic E-state index is 12.2. The summed E-state index contributed by atoms with van der Waals surface area (Å²) in [4.78, 5) is 14.0. The number of nitrogens with zero attached hydrogens (tertiary/aromatic N) is 1.